The van der Waals surface area contributed by atoms with Crippen molar-refractivity contribution in [2.45, 2.75) is 33.2 Å². The van der Waals surface area contributed by atoms with Crippen molar-refractivity contribution in [3.05, 3.63) is 45.9 Å². The molecule has 3 rings (SSSR count). The van der Waals surface area contributed by atoms with E-state index in [1.165, 1.54) is 4.88 Å². The highest BCUT2D eigenvalue weighted by atomic mass is 32.1. The molecule has 0 bridgehead atoms. The van der Waals surface area contributed by atoms with Gasteiger partial charge in [-0.15, -0.1) is 11.3 Å². The molecule has 0 radical (unpaired) electrons. The van der Waals surface area contributed by atoms with E-state index in [1.807, 2.05) is 6.20 Å². The number of rotatable bonds is 6. The largest absolute Gasteiger partial charge is 0.459 e. The molecule has 0 aromatic carbocycles. The van der Waals surface area contributed by atoms with Crippen LogP contribution in [0.2, 0.25) is 0 Å². The van der Waals surface area contributed by atoms with Gasteiger partial charge in [-0.05, 0) is 25.5 Å². The predicted molar refractivity (Wildman–Crippen MR) is 86.0 cm³/mol. The third-order valence-electron chi connectivity index (χ3n) is 3.34. The summed E-state index contributed by atoms with van der Waals surface area (Å²) in [5, 5.41) is 3.77. The summed E-state index contributed by atoms with van der Waals surface area (Å²) in [6, 6.07) is 3.53. The third kappa shape index (κ3) is 3.68. The number of nitrogens with one attached hydrogen (secondary N) is 1. The van der Waals surface area contributed by atoms with Crippen LogP contribution < -0.4 is 5.32 Å². The minimum atomic E-state index is -0.111. The molecule has 3 aromatic heterocycles. The van der Waals surface area contributed by atoms with Crippen LogP contribution in [0.3, 0.4) is 0 Å². The van der Waals surface area contributed by atoms with Crippen molar-refractivity contribution in [3.8, 4) is 11.7 Å². The van der Waals surface area contributed by atoms with Gasteiger partial charge in [0, 0.05) is 11.1 Å². The molecule has 0 aliphatic heterocycles. The monoisotopic (exact) mass is 331 g/mol. The molecular weight excluding hydrogens is 314 g/mol. The van der Waals surface area contributed by atoms with Crippen molar-refractivity contribution in [3.63, 3.8) is 0 Å². The molecule has 0 spiro atoms. The van der Waals surface area contributed by atoms with Crippen LogP contribution in [0.5, 0.6) is 0 Å². The van der Waals surface area contributed by atoms with E-state index in [1.54, 1.807) is 36.7 Å². The van der Waals surface area contributed by atoms with E-state index < -0.39 is 0 Å². The Labute approximate surface area is 137 Å². The van der Waals surface area contributed by atoms with Gasteiger partial charge < -0.3 is 14.2 Å². The van der Waals surface area contributed by atoms with Gasteiger partial charge in [-0.3, -0.25) is 4.79 Å². The molecule has 1 N–H and O–H groups in total. The Kier molecular flexibility index (Phi) is 4.57. The summed E-state index contributed by atoms with van der Waals surface area (Å²) in [5.74, 6) is 1.45. The average molecular weight is 331 g/mol. The highest BCUT2D eigenvalue weighted by molar-refractivity contribution is 7.11. The number of aryl methyl sites for hydroxylation is 2. The fourth-order valence-electron chi connectivity index (χ4n) is 2.08. The second-order valence-corrected chi connectivity index (χ2v) is 6.23. The maximum Gasteiger partial charge on any atom is 0.263 e. The molecule has 0 saturated heterocycles. The molecule has 0 saturated carbocycles. The summed E-state index contributed by atoms with van der Waals surface area (Å²) >= 11 is 1.61. The van der Waals surface area contributed by atoms with Gasteiger partial charge in [0.15, 0.2) is 5.76 Å². The van der Waals surface area contributed by atoms with Gasteiger partial charge in [0.2, 0.25) is 5.91 Å². The molecule has 3 heterocycles. The second-order valence-electron chi connectivity index (χ2n) is 5.03. The molecule has 0 aliphatic rings. The molecule has 6 nitrogen and oxygen atoms in total. The van der Waals surface area contributed by atoms with Gasteiger partial charge in [0.1, 0.15) is 10.8 Å². The fourth-order valence-corrected chi connectivity index (χ4v) is 2.88. The van der Waals surface area contributed by atoms with Gasteiger partial charge in [-0.1, -0.05) is 6.92 Å². The first-order valence-corrected chi connectivity index (χ1v) is 8.17. The molecule has 1 amide bonds. The Morgan fingerprint density at radius 2 is 2.30 bits per heavy atom. The molecule has 0 unspecified atom stereocenters. The van der Waals surface area contributed by atoms with Crippen molar-refractivity contribution in [2.75, 3.05) is 0 Å². The van der Waals surface area contributed by atoms with Crippen LogP contribution in [0.4, 0.5) is 0 Å². The Bertz CT molecular complexity index is 789. The maximum atomic E-state index is 12.1. The highest BCUT2D eigenvalue weighted by Crippen LogP contribution is 2.22. The number of hydrogen-bond acceptors (Lipinski definition) is 6. The first kappa shape index (κ1) is 15.5. The number of aromatic nitrogens is 2. The van der Waals surface area contributed by atoms with E-state index in [0.29, 0.717) is 29.6 Å². The Morgan fingerprint density at radius 1 is 1.43 bits per heavy atom. The van der Waals surface area contributed by atoms with E-state index in [-0.39, 0.29) is 12.3 Å². The Hall–Kier alpha value is -2.41. The number of carbonyl (C=O) groups is 1. The lowest BCUT2D eigenvalue weighted by atomic mass is 10.2. The number of furan rings is 1. The van der Waals surface area contributed by atoms with Crippen molar-refractivity contribution in [1.29, 1.82) is 0 Å². The normalized spacial score (nSPS) is 10.9. The first-order valence-electron chi connectivity index (χ1n) is 7.36. The van der Waals surface area contributed by atoms with E-state index in [9.17, 15) is 4.79 Å². The van der Waals surface area contributed by atoms with Gasteiger partial charge in [-0.25, -0.2) is 9.97 Å². The number of thiazole rings is 1. The molecule has 0 aliphatic carbocycles. The first-order chi connectivity index (χ1) is 11.2. The molecule has 23 heavy (non-hydrogen) atoms. The molecule has 120 valence electrons. The van der Waals surface area contributed by atoms with Crippen LogP contribution in [0.1, 0.15) is 28.3 Å². The van der Waals surface area contributed by atoms with Gasteiger partial charge >= 0.3 is 0 Å². The summed E-state index contributed by atoms with van der Waals surface area (Å²) < 4.78 is 10.8. The van der Waals surface area contributed by atoms with Crippen LogP contribution in [0, 0.1) is 6.92 Å². The number of amides is 1. The van der Waals surface area contributed by atoms with Crippen LogP contribution in [-0.4, -0.2) is 15.9 Å². The minimum absolute atomic E-state index is 0.111. The lowest BCUT2D eigenvalue weighted by Gasteiger charge is -2.01. The fraction of sp³-hybridized carbons (Fsp3) is 0.312. The highest BCUT2D eigenvalue weighted by Gasteiger charge is 2.16. The zero-order chi connectivity index (χ0) is 16.2. The summed E-state index contributed by atoms with van der Waals surface area (Å²) in [5.41, 5.74) is 0.613. The van der Waals surface area contributed by atoms with Crippen LogP contribution >= 0.6 is 11.3 Å². The van der Waals surface area contributed by atoms with Crippen molar-refractivity contribution >= 4 is 17.2 Å². The van der Waals surface area contributed by atoms with Gasteiger partial charge in [-0.2, -0.15) is 0 Å². The van der Waals surface area contributed by atoms with E-state index in [2.05, 4.69) is 22.2 Å². The quantitative estimate of drug-likeness (QED) is 0.750. The number of nitrogens with zero attached hydrogens (tertiary/aromatic N) is 2. The van der Waals surface area contributed by atoms with Crippen molar-refractivity contribution in [1.82, 2.24) is 15.3 Å². The van der Waals surface area contributed by atoms with Gasteiger partial charge in [0.05, 0.1) is 24.9 Å². The molecule has 7 heteroatoms. The van der Waals surface area contributed by atoms with Crippen molar-refractivity contribution < 1.29 is 13.6 Å². The second kappa shape index (κ2) is 6.78. The number of oxazole rings is 1. The van der Waals surface area contributed by atoms with E-state index >= 15 is 0 Å². The molecule has 0 atom stereocenters. The van der Waals surface area contributed by atoms with Crippen LogP contribution in [0.25, 0.3) is 11.7 Å². The minimum Gasteiger partial charge on any atom is -0.459 e. The van der Waals surface area contributed by atoms with Crippen LogP contribution in [0.15, 0.2) is 33.4 Å². The SMILES string of the molecule is CCc1cnc(CNC(=O)Cc2nc(-c3ccco3)oc2C)s1. The maximum absolute atomic E-state index is 12.1. The number of hydrogen-bond donors (Lipinski definition) is 1. The lowest BCUT2D eigenvalue weighted by molar-refractivity contribution is -0.120. The Balaban J connectivity index is 1.59. The summed E-state index contributed by atoms with van der Waals surface area (Å²) in [6.07, 6.45) is 4.53. The zero-order valence-corrected chi connectivity index (χ0v) is 13.8. The topological polar surface area (TPSA) is 81.2 Å². The third-order valence-corrected chi connectivity index (χ3v) is 4.48. The number of carbonyl (C=O) groups excluding carboxylic acids is 1. The molecule has 0 fully saturated rings. The summed E-state index contributed by atoms with van der Waals surface area (Å²) in [7, 11) is 0. The molecular formula is C16H17N3O3S. The van der Waals surface area contributed by atoms with Crippen molar-refractivity contribution in [2.24, 2.45) is 0 Å². The Morgan fingerprint density at radius 3 is 3.00 bits per heavy atom. The smallest absolute Gasteiger partial charge is 0.263 e. The predicted octanol–water partition coefficient (Wildman–Crippen LogP) is 3.12. The lowest BCUT2D eigenvalue weighted by Crippen LogP contribution is -2.24. The standard InChI is InChI=1S/C16H17N3O3S/c1-3-11-8-18-15(23-11)9-17-14(20)7-12-10(2)22-16(19-12)13-5-4-6-21-13/h4-6,8H,3,7,9H2,1-2H3,(H,17,20). The summed E-state index contributed by atoms with van der Waals surface area (Å²) in [4.78, 5) is 21.9. The molecule has 3 aromatic rings. The van der Waals surface area contributed by atoms with E-state index in [0.717, 1.165) is 11.4 Å². The zero-order valence-electron chi connectivity index (χ0n) is 13.0. The van der Waals surface area contributed by atoms with E-state index in [4.69, 9.17) is 8.83 Å². The van der Waals surface area contributed by atoms with Crippen LogP contribution in [-0.2, 0) is 24.2 Å². The average Bonchev–Trinajstić information content (AvgIpc) is 3.26. The van der Waals surface area contributed by atoms with Gasteiger partial charge in [0.25, 0.3) is 5.89 Å². The summed E-state index contributed by atoms with van der Waals surface area (Å²) in [6.45, 7) is 4.31.